The Balaban J connectivity index is 4.27. The Hall–Kier alpha value is -0.780. The van der Waals surface area contributed by atoms with Crippen LogP contribution in [0.2, 0.25) is 0 Å². The molecular weight excluding hydrogens is 144 g/mol. The number of hydrogen-bond donors (Lipinski definition) is 0. The molecule has 0 N–H and O–H groups in total. The Labute approximate surface area is 76.7 Å². The van der Waals surface area contributed by atoms with E-state index in [1.165, 1.54) is 16.7 Å². The molecule has 0 fully saturated rings. The Morgan fingerprint density at radius 2 is 1.67 bits per heavy atom. The summed E-state index contributed by atoms with van der Waals surface area (Å²) in [6.07, 6.45) is 7.56. The summed E-state index contributed by atoms with van der Waals surface area (Å²) in [6, 6.07) is 0. The fourth-order valence-corrected chi connectivity index (χ4v) is 0.806. The molecule has 0 radical (unpaired) electrons. The molecular formula is C12H20. The lowest BCUT2D eigenvalue weighted by Crippen LogP contribution is -1.77. The Kier molecular flexibility index (Phi) is 5.44. The zero-order valence-electron chi connectivity index (χ0n) is 8.94. The summed E-state index contributed by atoms with van der Waals surface area (Å²) in [7, 11) is 0. The van der Waals surface area contributed by atoms with Gasteiger partial charge in [0.05, 0.1) is 0 Å². The van der Waals surface area contributed by atoms with Gasteiger partial charge in [-0.05, 0) is 34.1 Å². The zero-order valence-corrected chi connectivity index (χ0v) is 8.94. The monoisotopic (exact) mass is 164 g/mol. The highest BCUT2D eigenvalue weighted by molar-refractivity contribution is 5.25. The maximum Gasteiger partial charge on any atom is -0.0346 e. The van der Waals surface area contributed by atoms with Crippen LogP contribution in [0.15, 0.2) is 34.9 Å². The van der Waals surface area contributed by atoms with E-state index >= 15 is 0 Å². The fraction of sp³-hybridized carbons (Fsp3) is 0.500. The molecule has 0 heterocycles. The quantitative estimate of drug-likeness (QED) is 0.547. The first-order valence-electron chi connectivity index (χ1n) is 4.55. The van der Waals surface area contributed by atoms with E-state index in [4.69, 9.17) is 0 Å². The van der Waals surface area contributed by atoms with Crippen molar-refractivity contribution in [3.8, 4) is 0 Å². The molecule has 0 aliphatic carbocycles. The topological polar surface area (TPSA) is 0 Å². The van der Waals surface area contributed by atoms with Gasteiger partial charge in [-0.15, -0.1) is 0 Å². The summed E-state index contributed by atoms with van der Waals surface area (Å²) in [5.41, 5.74) is 4.19. The lowest BCUT2D eigenvalue weighted by Gasteiger charge is -1.97. The highest BCUT2D eigenvalue weighted by Crippen LogP contribution is 2.08. The van der Waals surface area contributed by atoms with Gasteiger partial charge in [-0.2, -0.15) is 0 Å². The summed E-state index contributed by atoms with van der Waals surface area (Å²) in [6.45, 7) is 10.7. The first kappa shape index (κ1) is 11.2. The van der Waals surface area contributed by atoms with Gasteiger partial charge >= 0.3 is 0 Å². The SMILES string of the molecule is CCC(C)=C(C)C=CC=C(C)C. The van der Waals surface area contributed by atoms with Gasteiger partial charge in [0.1, 0.15) is 0 Å². The summed E-state index contributed by atoms with van der Waals surface area (Å²) in [5.74, 6) is 0. The average molecular weight is 164 g/mol. The van der Waals surface area contributed by atoms with Crippen molar-refractivity contribution in [1.29, 1.82) is 0 Å². The van der Waals surface area contributed by atoms with Crippen LogP contribution in [0.3, 0.4) is 0 Å². The lowest BCUT2D eigenvalue weighted by molar-refractivity contribution is 1.07. The van der Waals surface area contributed by atoms with E-state index in [0.717, 1.165) is 6.42 Å². The Morgan fingerprint density at radius 1 is 1.08 bits per heavy atom. The molecule has 0 amide bonds. The van der Waals surface area contributed by atoms with Crippen molar-refractivity contribution >= 4 is 0 Å². The van der Waals surface area contributed by atoms with Crippen molar-refractivity contribution in [2.24, 2.45) is 0 Å². The van der Waals surface area contributed by atoms with Gasteiger partial charge in [-0.1, -0.05) is 41.9 Å². The minimum Gasteiger partial charge on any atom is -0.0764 e. The number of allylic oxidation sites excluding steroid dienone is 6. The molecule has 0 aliphatic heterocycles. The maximum atomic E-state index is 2.19. The van der Waals surface area contributed by atoms with Gasteiger partial charge in [0, 0.05) is 0 Å². The minimum absolute atomic E-state index is 1.14. The molecule has 12 heavy (non-hydrogen) atoms. The third-order valence-corrected chi connectivity index (χ3v) is 1.98. The first-order chi connectivity index (χ1) is 5.57. The lowest BCUT2D eigenvalue weighted by atomic mass is 10.1. The number of hydrogen-bond acceptors (Lipinski definition) is 0. The van der Waals surface area contributed by atoms with Crippen LogP contribution in [0.4, 0.5) is 0 Å². The molecule has 0 aromatic heterocycles. The predicted molar refractivity (Wildman–Crippen MR) is 57.2 cm³/mol. The largest absolute Gasteiger partial charge is 0.0764 e. The highest BCUT2D eigenvalue weighted by Gasteiger charge is 1.87. The Morgan fingerprint density at radius 3 is 2.08 bits per heavy atom. The summed E-state index contributed by atoms with van der Waals surface area (Å²) >= 11 is 0. The predicted octanol–water partition coefficient (Wildman–Crippen LogP) is 4.26. The van der Waals surface area contributed by atoms with Crippen LogP contribution >= 0.6 is 0 Å². The van der Waals surface area contributed by atoms with E-state index < -0.39 is 0 Å². The third kappa shape index (κ3) is 4.95. The first-order valence-corrected chi connectivity index (χ1v) is 4.55. The normalized spacial score (nSPS) is 13.1. The average Bonchev–Trinajstić information content (AvgIpc) is 2.02. The standard InChI is InChI=1S/C12H20/c1-6-11(4)12(5)9-7-8-10(2)3/h7-9H,6H2,1-5H3. The van der Waals surface area contributed by atoms with Crippen LogP contribution in [0.5, 0.6) is 0 Å². The zero-order chi connectivity index (χ0) is 9.56. The van der Waals surface area contributed by atoms with E-state index in [2.05, 4.69) is 52.8 Å². The van der Waals surface area contributed by atoms with E-state index in [9.17, 15) is 0 Å². The molecule has 0 aliphatic rings. The van der Waals surface area contributed by atoms with Crippen LogP contribution in [-0.2, 0) is 0 Å². The molecule has 0 unspecified atom stereocenters. The van der Waals surface area contributed by atoms with E-state index in [0.29, 0.717) is 0 Å². The molecule has 0 rings (SSSR count). The van der Waals surface area contributed by atoms with Gasteiger partial charge < -0.3 is 0 Å². The molecule has 0 aromatic carbocycles. The van der Waals surface area contributed by atoms with E-state index in [1.54, 1.807) is 0 Å². The van der Waals surface area contributed by atoms with Gasteiger partial charge in [-0.3, -0.25) is 0 Å². The van der Waals surface area contributed by atoms with Gasteiger partial charge in [0.15, 0.2) is 0 Å². The molecule has 0 heteroatoms. The third-order valence-electron chi connectivity index (χ3n) is 1.98. The fourth-order valence-electron chi connectivity index (χ4n) is 0.806. The molecule has 0 spiro atoms. The second kappa shape index (κ2) is 5.82. The van der Waals surface area contributed by atoms with Crippen molar-refractivity contribution in [2.45, 2.75) is 41.0 Å². The molecule has 0 saturated heterocycles. The molecule has 68 valence electrons. The van der Waals surface area contributed by atoms with E-state index in [1.807, 2.05) is 0 Å². The maximum absolute atomic E-state index is 2.19. The van der Waals surface area contributed by atoms with Gasteiger partial charge in [0.2, 0.25) is 0 Å². The van der Waals surface area contributed by atoms with E-state index in [-0.39, 0.29) is 0 Å². The second-order valence-corrected chi connectivity index (χ2v) is 3.42. The van der Waals surface area contributed by atoms with Crippen molar-refractivity contribution in [3.63, 3.8) is 0 Å². The molecule has 0 saturated carbocycles. The van der Waals surface area contributed by atoms with Crippen molar-refractivity contribution in [3.05, 3.63) is 34.9 Å². The van der Waals surface area contributed by atoms with Crippen molar-refractivity contribution < 1.29 is 0 Å². The van der Waals surface area contributed by atoms with Gasteiger partial charge in [0.25, 0.3) is 0 Å². The molecule has 0 aromatic rings. The molecule has 0 bridgehead atoms. The minimum atomic E-state index is 1.14. The van der Waals surface area contributed by atoms with Crippen LogP contribution in [0.25, 0.3) is 0 Å². The summed E-state index contributed by atoms with van der Waals surface area (Å²) in [4.78, 5) is 0. The van der Waals surface area contributed by atoms with Crippen LogP contribution in [-0.4, -0.2) is 0 Å². The van der Waals surface area contributed by atoms with Crippen LogP contribution < -0.4 is 0 Å². The summed E-state index contributed by atoms with van der Waals surface area (Å²) in [5, 5.41) is 0. The van der Waals surface area contributed by atoms with Gasteiger partial charge in [-0.25, -0.2) is 0 Å². The van der Waals surface area contributed by atoms with Crippen molar-refractivity contribution in [2.75, 3.05) is 0 Å². The highest BCUT2D eigenvalue weighted by atomic mass is 13.9. The second-order valence-electron chi connectivity index (χ2n) is 3.42. The van der Waals surface area contributed by atoms with Crippen LogP contribution in [0, 0.1) is 0 Å². The molecule has 0 atom stereocenters. The number of rotatable bonds is 3. The van der Waals surface area contributed by atoms with Crippen LogP contribution in [0.1, 0.15) is 41.0 Å². The smallest absolute Gasteiger partial charge is 0.0346 e. The molecule has 0 nitrogen and oxygen atoms in total. The Bertz CT molecular complexity index is 210. The summed E-state index contributed by atoms with van der Waals surface area (Å²) < 4.78 is 0. The van der Waals surface area contributed by atoms with Crippen molar-refractivity contribution in [1.82, 2.24) is 0 Å².